The number of hydrogen-bond donors (Lipinski definition) is 1. The topological polar surface area (TPSA) is 70.1 Å². The van der Waals surface area contributed by atoms with Crippen LogP contribution < -0.4 is 4.74 Å². The van der Waals surface area contributed by atoms with Gasteiger partial charge in [-0.05, 0) is 46.1 Å². The summed E-state index contributed by atoms with van der Waals surface area (Å²) in [5.41, 5.74) is 1.74. The lowest BCUT2D eigenvalue weighted by atomic mass is 9.99. The van der Waals surface area contributed by atoms with Gasteiger partial charge in [0.15, 0.2) is 0 Å². The van der Waals surface area contributed by atoms with Gasteiger partial charge in [0.2, 0.25) is 0 Å². The summed E-state index contributed by atoms with van der Waals surface area (Å²) in [6.07, 6.45) is 0.678. The van der Waals surface area contributed by atoms with Crippen molar-refractivity contribution in [2.24, 2.45) is 0 Å². The molecule has 1 atom stereocenters. The molecule has 0 unspecified atom stereocenters. The quantitative estimate of drug-likeness (QED) is 0.679. The van der Waals surface area contributed by atoms with Crippen LogP contribution in [-0.4, -0.2) is 60.1 Å². The molecule has 1 fully saturated rings. The Morgan fingerprint density at radius 1 is 1.10 bits per heavy atom. The molecule has 154 valence electrons. The van der Waals surface area contributed by atoms with Crippen LogP contribution in [0.2, 0.25) is 0 Å². The molecule has 29 heavy (non-hydrogen) atoms. The number of aliphatic carboxylic acids is 1. The van der Waals surface area contributed by atoms with Crippen LogP contribution >= 0.6 is 15.9 Å². The molecule has 2 aromatic carbocycles. The summed E-state index contributed by atoms with van der Waals surface area (Å²) >= 11 is 3.43. The van der Waals surface area contributed by atoms with Crippen LogP contribution in [0.1, 0.15) is 34.8 Å². The fraction of sp³-hybridized carbons (Fsp3) is 0.364. The van der Waals surface area contributed by atoms with Crippen LogP contribution in [0.3, 0.4) is 0 Å². The monoisotopic (exact) mass is 460 g/mol. The van der Waals surface area contributed by atoms with Crippen molar-refractivity contribution in [3.8, 4) is 5.75 Å². The van der Waals surface area contributed by atoms with Crippen LogP contribution in [-0.2, 0) is 4.79 Å². The Hall–Kier alpha value is -2.38. The number of nitrogens with zero attached hydrogens (tertiary/aromatic N) is 2. The number of benzene rings is 2. The zero-order valence-corrected chi connectivity index (χ0v) is 18.0. The average molecular weight is 461 g/mol. The lowest BCUT2D eigenvalue weighted by Crippen LogP contribution is -2.49. The van der Waals surface area contributed by atoms with E-state index in [1.54, 1.807) is 25.3 Å². The number of piperazine rings is 1. The van der Waals surface area contributed by atoms with E-state index in [-0.39, 0.29) is 18.4 Å². The first-order valence-electron chi connectivity index (χ1n) is 9.63. The van der Waals surface area contributed by atoms with E-state index in [1.165, 1.54) is 0 Å². The number of amides is 1. The molecule has 3 rings (SSSR count). The molecule has 2 aromatic rings. The number of carbonyl (C=O) groups is 2. The number of carboxylic acids is 1. The highest BCUT2D eigenvalue weighted by Gasteiger charge is 2.28. The zero-order valence-electron chi connectivity index (χ0n) is 16.4. The number of hydrogen-bond acceptors (Lipinski definition) is 4. The highest BCUT2D eigenvalue weighted by atomic mass is 79.9. The summed E-state index contributed by atoms with van der Waals surface area (Å²) in [4.78, 5) is 28.1. The number of carbonyl (C=O) groups excluding carboxylic acids is 1. The molecule has 0 spiro atoms. The molecular weight excluding hydrogens is 436 g/mol. The molecule has 1 heterocycles. The lowest BCUT2D eigenvalue weighted by Gasteiger charge is -2.39. The minimum atomic E-state index is -0.787. The molecule has 0 radical (unpaired) electrons. The van der Waals surface area contributed by atoms with Crippen LogP contribution in [0.5, 0.6) is 5.75 Å². The van der Waals surface area contributed by atoms with Gasteiger partial charge in [-0.1, -0.05) is 30.3 Å². The highest BCUT2D eigenvalue weighted by molar-refractivity contribution is 9.10. The second-order valence-corrected chi connectivity index (χ2v) is 7.89. The van der Waals surface area contributed by atoms with Crippen molar-refractivity contribution in [1.82, 2.24) is 9.80 Å². The second-order valence-electron chi connectivity index (χ2n) is 7.04. The lowest BCUT2D eigenvalue weighted by molar-refractivity contribution is -0.137. The van der Waals surface area contributed by atoms with Gasteiger partial charge in [0, 0.05) is 44.2 Å². The van der Waals surface area contributed by atoms with Gasteiger partial charge in [0.1, 0.15) is 5.75 Å². The number of methoxy groups -OCH3 is 1. The molecule has 6 nitrogen and oxygen atoms in total. The van der Waals surface area contributed by atoms with E-state index >= 15 is 0 Å². The Labute approximate surface area is 179 Å². The fourth-order valence-electron chi connectivity index (χ4n) is 3.71. The van der Waals surface area contributed by atoms with Gasteiger partial charge in [0.05, 0.1) is 11.6 Å². The molecule has 0 aliphatic carbocycles. The van der Waals surface area contributed by atoms with Gasteiger partial charge >= 0.3 is 5.97 Å². The van der Waals surface area contributed by atoms with E-state index in [4.69, 9.17) is 9.84 Å². The molecule has 1 aliphatic heterocycles. The Morgan fingerprint density at radius 3 is 2.38 bits per heavy atom. The number of rotatable bonds is 7. The summed E-state index contributed by atoms with van der Waals surface area (Å²) < 4.78 is 5.98. The molecule has 1 N–H and O–H groups in total. The van der Waals surface area contributed by atoms with E-state index < -0.39 is 5.97 Å². The van der Waals surface area contributed by atoms with Crippen molar-refractivity contribution in [3.63, 3.8) is 0 Å². The molecule has 1 amide bonds. The van der Waals surface area contributed by atoms with Crippen LogP contribution in [0.4, 0.5) is 0 Å². The minimum absolute atomic E-state index is 0.00481. The van der Waals surface area contributed by atoms with E-state index in [9.17, 15) is 9.59 Å². The predicted molar refractivity (Wildman–Crippen MR) is 114 cm³/mol. The first kappa shape index (κ1) is 21.3. The summed E-state index contributed by atoms with van der Waals surface area (Å²) in [7, 11) is 1.59. The molecule has 1 aliphatic rings. The maximum atomic E-state index is 12.9. The normalized spacial score (nSPS) is 15.7. The Balaban J connectivity index is 1.66. The van der Waals surface area contributed by atoms with Gasteiger partial charge in [-0.25, -0.2) is 0 Å². The Bertz CT molecular complexity index is 851. The Morgan fingerprint density at radius 2 is 1.79 bits per heavy atom. The van der Waals surface area contributed by atoms with Gasteiger partial charge in [-0.3, -0.25) is 14.5 Å². The third-order valence-corrected chi connectivity index (χ3v) is 5.88. The van der Waals surface area contributed by atoms with Crippen molar-refractivity contribution in [1.29, 1.82) is 0 Å². The standard InChI is InChI=1S/C22H25BrN2O4/c1-29-20-9-7-17(15-18(20)23)22(28)25-13-11-24(12-14-25)19(8-10-21(26)27)16-5-3-2-4-6-16/h2-7,9,15,19H,8,10-14H2,1H3,(H,26,27)/t19-/m0/s1. The van der Waals surface area contributed by atoms with Crippen molar-refractivity contribution in [3.05, 3.63) is 64.1 Å². The smallest absolute Gasteiger partial charge is 0.303 e. The van der Waals surface area contributed by atoms with Crippen LogP contribution in [0, 0.1) is 0 Å². The summed E-state index contributed by atoms with van der Waals surface area (Å²) in [6.45, 7) is 2.64. The largest absolute Gasteiger partial charge is 0.496 e. The summed E-state index contributed by atoms with van der Waals surface area (Å²) in [5.74, 6) is -0.102. The molecule has 7 heteroatoms. The molecule has 0 saturated carbocycles. The number of ether oxygens (including phenoxy) is 1. The second kappa shape index (κ2) is 9.89. The highest BCUT2D eigenvalue weighted by Crippen LogP contribution is 2.28. The van der Waals surface area contributed by atoms with E-state index in [2.05, 4.69) is 20.8 Å². The number of halogens is 1. The number of carboxylic acid groups (broad SMARTS) is 1. The maximum Gasteiger partial charge on any atom is 0.303 e. The van der Waals surface area contributed by atoms with Gasteiger partial charge in [0.25, 0.3) is 5.91 Å². The fourth-order valence-corrected chi connectivity index (χ4v) is 4.25. The van der Waals surface area contributed by atoms with Gasteiger partial charge < -0.3 is 14.7 Å². The Kier molecular flexibility index (Phi) is 7.28. The zero-order chi connectivity index (χ0) is 20.8. The predicted octanol–water partition coefficient (Wildman–Crippen LogP) is 3.82. The SMILES string of the molecule is COc1ccc(C(=O)N2CCN([C@@H](CCC(=O)O)c3ccccc3)CC2)cc1Br. The van der Waals surface area contributed by atoms with E-state index in [1.807, 2.05) is 35.2 Å². The molecule has 1 saturated heterocycles. The summed E-state index contributed by atoms with van der Waals surface area (Å²) in [5, 5.41) is 9.12. The van der Waals surface area contributed by atoms with E-state index in [0.717, 1.165) is 10.0 Å². The van der Waals surface area contributed by atoms with Gasteiger partial charge in [-0.15, -0.1) is 0 Å². The third-order valence-electron chi connectivity index (χ3n) is 5.26. The van der Waals surface area contributed by atoms with Gasteiger partial charge in [-0.2, -0.15) is 0 Å². The summed E-state index contributed by atoms with van der Waals surface area (Å²) in [6, 6.07) is 15.4. The van der Waals surface area contributed by atoms with Crippen molar-refractivity contribution < 1.29 is 19.4 Å². The van der Waals surface area contributed by atoms with Crippen LogP contribution in [0.25, 0.3) is 0 Å². The first-order valence-corrected chi connectivity index (χ1v) is 10.4. The molecule has 0 aromatic heterocycles. The molecule has 0 bridgehead atoms. The molecular formula is C22H25BrN2O4. The first-order chi connectivity index (χ1) is 14.0. The van der Waals surface area contributed by atoms with E-state index in [0.29, 0.717) is 43.9 Å². The maximum absolute atomic E-state index is 12.9. The van der Waals surface area contributed by atoms with Crippen LogP contribution in [0.15, 0.2) is 53.0 Å². The average Bonchev–Trinajstić information content (AvgIpc) is 2.74. The third kappa shape index (κ3) is 5.36. The minimum Gasteiger partial charge on any atom is -0.496 e. The van der Waals surface area contributed by atoms with Crippen molar-refractivity contribution in [2.75, 3.05) is 33.3 Å². The van der Waals surface area contributed by atoms with Crippen molar-refractivity contribution in [2.45, 2.75) is 18.9 Å². The van der Waals surface area contributed by atoms with Crippen molar-refractivity contribution >= 4 is 27.8 Å².